The number of ether oxygens (including phenoxy) is 3. The molecular weight excluding hydrogens is 558 g/mol. The molecule has 1 spiro atoms. The third kappa shape index (κ3) is 6.46. The van der Waals surface area contributed by atoms with E-state index in [0.29, 0.717) is 49.8 Å². The second-order valence-electron chi connectivity index (χ2n) is 10.6. The van der Waals surface area contributed by atoms with Crippen LogP contribution in [0, 0.1) is 0 Å². The minimum atomic E-state index is -3.60. The number of nitrogens with zero attached hydrogens (tertiary/aromatic N) is 1. The molecule has 0 radical (unpaired) electrons. The summed E-state index contributed by atoms with van der Waals surface area (Å²) >= 11 is 0. The summed E-state index contributed by atoms with van der Waals surface area (Å²) in [6, 6.07) is 11.3. The molecule has 0 unspecified atom stereocenters. The smallest absolute Gasteiger partial charge is 0.243 e. The molecule has 0 aliphatic carbocycles. The maximum atomic E-state index is 13.3. The third-order valence-electron chi connectivity index (χ3n) is 7.83. The normalized spacial score (nSPS) is 22.0. The van der Waals surface area contributed by atoms with Crippen molar-refractivity contribution in [2.24, 2.45) is 0 Å². The molecular formula is C27H37N3O8S2. The van der Waals surface area contributed by atoms with E-state index in [2.05, 4.69) is 10.0 Å². The Bertz CT molecular complexity index is 1410. The molecule has 3 N–H and O–H groups in total. The maximum Gasteiger partial charge on any atom is 0.243 e. The molecule has 3 aliphatic heterocycles. The van der Waals surface area contributed by atoms with Crippen molar-refractivity contribution in [2.75, 3.05) is 46.5 Å². The third-order valence-corrected chi connectivity index (χ3v) is 11.1. The van der Waals surface area contributed by atoms with Crippen molar-refractivity contribution in [3.63, 3.8) is 0 Å². The number of hydrogen-bond acceptors (Lipinski definition) is 9. The van der Waals surface area contributed by atoms with Crippen molar-refractivity contribution < 1.29 is 36.2 Å². The number of rotatable bonds is 10. The molecule has 5 rings (SSSR count). The average Bonchev–Trinajstić information content (AvgIpc) is 3.37. The van der Waals surface area contributed by atoms with Gasteiger partial charge in [0, 0.05) is 31.7 Å². The molecule has 0 aromatic heterocycles. The van der Waals surface area contributed by atoms with Gasteiger partial charge in [0.2, 0.25) is 20.0 Å². The number of benzene rings is 2. The standard InChI is InChI=1S/C27H37N3O8S2/c1-28-39(32,33)24-6-2-5-23(15-24)37-19-22(31)17-29-21-16-27(38-18-21)9-11-30(12-10-27)40(34,35)25-7-8-26-20(14-25)4-3-13-36-26/h2,5-8,14-15,21-22,28-29,31H,3-4,9-13,16-19H2,1H3/t21-,22+/m1/s1. The Kier molecular flexibility index (Phi) is 8.72. The zero-order chi connectivity index (χ0) is 28.4. The fourth-order valence-corrected chi connectivity index (χ4v) is 7.76. The second kappa shape index (κ2) is 11.9. The molecule has 220 valence electrons. The van der Waals surface area contributed by atoms with Crippen molar-refractivity contribution in [3.8, 4) is 11.5 Å². The van der Waals surface area contributed by atoms with Crippen LogP contribution in [-0.4, -0.2) is 90.5 Å². The van der Waals surface area contributed by atoms with Crippen LogP contribution in [0.4, 0.5) is 0 Å². The number of nitrogens with one attached hydrogen (secondary N) is 2. The average molecular weight is 596 g/mol. The predicted octanol–water partition coefficient (Wildman–Crippen LogP) is 1.26. The Labute approximate surface area is 235 Å². The van der Waals surface area contributed by atoms with Gasteiger partial charge in [0.25, 0.3) is 0 Å². The molecule has 2 fully saturated rings. The molecule has 0 bridgehead atoms. The highest BCUT2D eigenvalue weighted by molar-refractivity contribution is 7.89. The van der Waals surface area contributed by atoms with E-state index in [0.717, 1.165) is 30.6 Å². The van der Waals surface area contributed by atoms with E-state index < -0.39 is 26.2 Å². The van der Waals surface area contributed by atoms with Gasteiger partial charge in [-0.15, -0.1) is 0 Å². The number of aliphatic hydroxyl groups is 1. The number of aliphatic hydroxyl groups excluding tert-OH is 1. The Morgan fingerprint density at radius 1 is 1.12 bits per heavy atom. The largest absolute Gasteiger partial charge is 0.493 e. The summed E-state index contributed by atoms with van der Waals surface area (Å²) in [5.41, 5.74) is 0.561. The van der Waals surface area contributed by atoms with Crippen LogP contribution in [0.15, 0.2) is 52.3 Å². The highest BCUT2D eigenvalue weighted by atomic mass is 32.2. The molecule has 3 aliphatic rings. The zero-order valence-corrected chi connectivity index (χ0v) is 24.2. The lowest BCUT2D eigenvalue weighted by Gasteiger charge is -2.38. The summed E-state index contributed by atoms with van der Waals surface area (Å²) in [6.07, 6.45) is 2.84. The molecule has 0 amide bonds. The first-order valence-corrected chi connectivity index (χ1v) is 16.5. The fourth-order valence-electron chi connectivity index (χ4n) is 5.51. The summed E-state index contributed by atoms with van der Waals surface area (Å²) in [5, 5.41) is 13.7. The molecule has 2 aromatic carbocycles. The van der Waals surface area contributed by atoms with Crippen LogP contribution < -0.4 is 19.5 Å². The van der Waals surface area contributed by atoms with Gasteiger partial charge >= 0.3 is 0 Å². The van der Waals surface area contributed by atoms with Gasteiger partial charge in [-0.2, -0.15) is 4.31 Å². The fraction of sp³-hybridized carbons (Fsp3) is 0.556. The van der Waals surface area contributed by atoms with Gasteiger partial charge in [-0.3, -0.25) is 0 Å². The quantitative estimate of drug-likeness (QED) is 0.370. The Balaban J connectivity index is 1.08. The molecule has 3 heterocycles. The van der Waals surface area contributed by atoms with E-state index in [9.17, 15) is 21.9 Å². The van der Waals surface area contributed by atoms with Crippen molar-refractivity contribution in [1.29, 1.82) is 0 Å². The second-order valence-corrected chi connectivity index (χ2v) is 14.4. The lowest BCUT2D eigenvalue weighted by atomic mass is 9.88. The van der Waals surface area contributed by atoms with E-state index in [1.54, 1.807) is 34.6 Å². The van der Waals surface area contributed by atoms with E-state index >= 15 is 0 Å². The number of hydrogen-bond donors (Lipinski definition) is 3. The van der Waals surface area contributed by atoms with Gasteiger partial charge in [-0.05, 0) is 75.0 Å². The van der Waals surface area contributed by atoms with Crippen molar-refractivity contribution in [1.82, 2.24) is 14.3 Å². The summed E-state index contributed by atoms with van der Waals surface area (Å²) in [4.78, 5) is 0.399. The molecule has 40 heavy (non-hydrogen) atoms. The first-order chi connectivity index (χ1) is 19.1. The van der Waals surface area contributed by atoms with Gasteiger partial charge in [0.05, 0.1) is 28.6 Å². The van der Waals surface area contributed by atoms with E-state index in [1.165, 1.54) is 19.2 Å². The lowest BCUT2D eigenvalue weighted by molar-refractivity contribution is -0.0312. The molecule has 2 atom stereocenters. The molecule has 2 aromatic rings. The summed E-state index contributed by atoms with van der Waals surface area (Å²) in [5.74, 6) is 1.12. The number of aryl methyl sites for hydroxylation is 1. The van der Waals surface area contributed by atoms with Crippen LogP contribution in [0.1, 0.15) is 31.2 Å². The summed E-state index contributed by atoms with van der Waals surface area (Å²) < 4.78 is 71.8. The first kappa shape index (κ1) is 29.2. The lowest BCUT2D eigenvalue weighted by Crippen LogP contribution is -2.47. The Hall–Kier alpha value is -2.26. The van der Waals surface area contributed by atoms with Crippen LogP contribution >= 0.6 is 0 Å². The van der Waals surface area contributed by atoms with Crippen LogP contribution in [-0.2, 0) is 31.2 Å². The van der Waals surface area contributed by atoms with Crippen LogP contribution in [0.5, 0.6) is 11.5 Å². The van der Waals surface area contributed by atoms with Gasteiger partial charge in [0.15, 0.2) is 0 Å². The Morgan fingerprint density at radius 2 is 1.93 bits per heavy atom. The highest BCUT2D eigenvalue weighted by Gasteiger charge is 2.44. The molecule has 0 saturated carbocycles. The van der Waals surface area contributed by atoms with Gasteiger partial charge in [-0.25, -0.2) is 21.6 Å². The van der Waals surface area contributed by atoms with Crippen molar-refractivity contribution in [2.45, 2.75) is 59.6 Å². The molecule has 11 nitrogen and oxygen atoms in total. The van der Waals surface area contributed by atoms with Crippen LogP contribution in [0.25, 0.3) is 0 Å². The summed E-state index contributed by atoms with van der Waals surface area (Å²) in [6.45, 7) is 2.20. The van der Waals surface area contributed by atoms with E-state index in [1.807, 2.05) is 0 Å². The van der Waals surface area contributed by atoms with Gasteiger partial charge < -0.3 is 24.6 Å². The van der Waals surface area contributed by atoms with Crippen LogP contribution in [0.3, 0.4) is 0 Å². The van der Waals surface area contributed by atoms with Crippen molar-refractivity contribution >= 4 is 20.0 Å². The topological polar surface area (TPSA) is 144 Å². The first-order valence-electron chi connectivity index (χ1n) is 13.6. The van der Waals surface area contributed by atoms with E-state index in [-0.39, 0.29) is 29.7 Å². The highest BCUT2D eigenvalue weighted by Crippen LogP contribution is 2.38. The minimum Gasteiger partial charge on any atom is -0.493 e. The van der Waals surface area contributed by atoms with Crippen LogP contribution in [0.2, 0.25) is 0 Å². The predicted molar refractivity (Wildman–Crippen MR) is 148 cm³/mol. The Morgan fingerprint density at radius 3 is 2.70 bits per heavy atom. The zero-order valence-electron chi connectivity index (χ0n) is 22.5. The SMILES string of the molecule is CNS(=O)(=O)c1cccc(OC[C@@H](O)CN[C@H]2COC3(CCN(S(=O)(=O)c4ccc5c(c4)CCCO5)CC3)C2)c1. The number of fused-ring (bicyclic) bond motifs is 1. The minimum absolute atomic E-state index is 0.00356. The summed E-state index contributed by atoms with van der Waals surface area (Å²) in [7, 11) is -5.84. The molecule has 2 saturated heterocycles. The van der Waals surface area contributed by atoms with Gasteiger partial charge in [0.1, 0.15) is 24.2 Å². The molecule has 13 heteroatoms. The number of piperidine rings is 1. The monoisotopic (exact) mass is 595 g/mol. The van der Waals surface area contributed by atoms with Gasteiger partial charge in [-0.1, -0.05) is 6.07 Å². The maximum absolute atomic E-state index is 13.3. The van der Waals surface area contributed by atoms with E-state index in [4.69, 9.17) is 14.2 Å². The van der Waals surface area contributed by atoms with Crippen molar-refractivity contribution in [3.05, 3.63) is 48.0 Å². The number of sulfonamides is 2.